The lowest BCUT2D eigenvalue weighted by atomic mass is 9.73. The summed E-state index contributed by atoms with van der Waals surface area (Å²) in [5.41, 5.74) is 4.23. The maximum Gasteiger partial charge on any atom is 0.182 e. The van der Waals surface area contributed by atoms with Crippen molar-refractivity contribution in [2.24, 2.45) is 0 Å². The van der Waals surface area contributed by atoms with Crippen LogP contribution < -0.4 is 5.32 Å². The third-order valence-corrected chi connectivity index (χ3v) is 7.47. The van der Waals surface area contributed by atoms with Crippen LogP contribution in [0.1, 0.15) is 48.6 Å². The molecule has 3 aromatic carbocycles. The van der Waals surface area contributed by atoms with Crippen LogP contribution in [0.25, 0.3) is 0 Å². The van der Waals surface area contributed by atoms with Gasteiger partial charge in [0.25, 0.3) is 0 Å². The van der Waals surface area contributed by atoms with Gasteiger partial charge in [0.1, 0.15) is 5.82 Å². The van der Waals surface area contributed by atoms with Crippen LogP contribution in [0, 0.1) is 17.1 Å². The quantitative estimate of drug-likeness (QED) is 0.588. The Labute approximate surface area is 182 Å². The van der Waals surface area contributed by atoms with Gasteiger partial charge in [0.05, 0.1) is 28.3 Å². The van der Waals surface area contributed by atoms with Crippen molar-refractivity contribution in [3.63, 3.8) is 0 Å². The second-order valence-electron chi connectivity index (χ2n) is 8.62. The van der Waals surface area contributed by atoms with E-state index in [9.17, 15) is 18.1 Å². The molecule has 0 amide bonds. The van der Waals surface area contributed by atoms with Gasteiger partial charge in [-0.2, -0.15) is 5.26 Å². The number of benzene rings is 3. The number of nitriles is 1. The Balaban J connectivity index is 1.62. The summed E-state index contributed by atoms with van der Waals surface area (Å²) in [6.07, 6.45) is 0.801. The molecular weight excluding hydrogens is 411 g/mol. The monoisotopic (exact) mass is 434 g/mol. The molecule has 1 N–H and O–H groups in total. The highest BCUT2D eigenvalue weighted by Crippen LogP contribution is 2.44. The first-order valence-corrected chi connectivity index (χ1v) is 11.7. The lowest BCUT2D eigenvalue weighted by Gasteiger charge is -2.39. The lowest BCUT2D eigenvalue weighted by Crippen LogP contribution is -2.31. The number of nitrogens with zero attached hydrogens (tertiary/aromatic N) is 1. The SMILES string of the molecule is CC1(C)CC(c2cccc(CS(=O)(=O)c3cccc(F)c3)c2)Nc2ccc(C#N)cc21. The molecule has 0 aromatic heterocycles. The van der Waals surface area contributed by atoms with Gasteiger partial charge >= 0.3 is 0 Å². The zero-order valence-corrected chi connectivity index (χ0v) is 18.2. The van der Waals surface area contributed by atoms with Crippen LogP contribution in [0.15, 0.2) is 71.6 Å². The van der Waals surface area contributed by atoms with E-state index in [1.165, 1.54) is 18.2 Å². The fourth-order valence-corrected chi connectivity index (χ4v) is 5.59. The van der Waals surface area contributed by atoms with E-state index in [0.717, 1.165) is 29.3 Å². The minimum atomic E-state index is -3.65. The van der Waals surface area contributed by atoms with Crippen molar-refractivity contribution < 1.29 is 12.8 Å². The van der Waals surface area contributed by atoms with E-state index < -0.39 is 15.7 Å². The molecule has 1 aliphatic rings. The maximum absolute atomic E-state index is 13.5. The summed E-state index contributed by atoms with van der Waals surface area (Å²) in [6, 6.07) is 20.5. The molecule has 0 saturated heterocycles. The molecule has 4 rings (SSSR count). The number of hydrogen-bond donors (Lipinski definition) is 1. The van der Waals surface area contributed by atoms with Crippen molar-refractivity contribution >= 4 is 15.5 Å². The Morgan fingerprint density at radius 2 is 1.87 bits per heavy atom. The third kappa shape index (κ3) is 4.33. The summed E-state index contributed by atoms with van der Waals surface area (Å²) < 4.78 is 39.0. The molecule has 1 unspecified atom stereocenters. The predicted molar refractivity (Wildman–Crippen MR) is 119 cm³/mol. The number of halogens is 1. The van der Waals surface area contributed by atoms with E-state index in [-0.39, 0.29) is 22.1 Å². The fourth-order valence-electron chi connectivity index (χ4n) is 4.22. The van der Waals surface area contributed by atoms with Crippen LogP contribution >= 0.6 is 0 Å². The standard InChI is InChI=1S/C25H23FN2O2S/c1-25(2)14-24(28-23-10-9-17(15-27)12-22(23)25)19-6-3-5-18(11-19)16-31(29,30)21-8-4-7-20(26)13-21/h3-13,24,28H,14,16H2,1-2H3. The molecule has 0 radical (unpaired) electrons. The van der Waals surface area contributed by atoms with E-state index in [2.05, 4.69) is 25.2 Å². The first-order valence-electron chi connectivity index (χ1n) is 10.1. The van der Waals surface area contributed by atoms with Crippen LogP contribution in [-0.4, -0.2) is 8.42 Å². The van der Waals surface area contributed by atoms with Crippen molar-refractivity contribution in [3.05, 3.63) is 94.8 Å². The van der Waals surface area contributed by atoms with Gasteiger partial charge in [-0.15, -0.1) is 0 Å². The molecule has 158 valence electrons. The van der Waals surface area contributed by atoms with E-state index in [4.69, 9.17) is 0 Å². The van der Waals surface area contributed by atoms with Crippen LogP contribution in [-0.2, 0) is 21.0 Å². The van der Waals surface area contributed by atoms with Crippen LogP contribution in [0.2, 0.25) is 0 Å². The number of hydrogen-bond acceptors (Lipinski definition) is 4. The summed E-state index contributed by atoms with van der Waals surface area (Å²) in [7, 11) is -3.65. The number of rotatable bonds is 4. The normalized spacial score (nSPS) is 17.3. The van der Waals surface area contributed by atoms with Gasteiger partial charge in [0.15, 0.2) is 9.84 Å². The van der Waals surface area contributed by atoms with Gasteiger partial charge in [-0.3, -0.25) is 0 Å². The van der Waals surface area contributed by atoms with Gasteiger partial charge in [-0.25, -0.2) is 12.8 Å². The molecule has 0 fully saturated rings. The predicted octanol–water partition coefficient (Wildman–Crippen LogP) is 5.51. The second-order valence-corrected chi connectivity index (χ2v) is 10.6. The van der Waals surface area contributed by atoms with Crippen LogP contribution in [0.5, 0.6) is 0 Å². The average Bonchev–Trinajstić information content (AvgIpc) is 2.73. The molecule has 4 nitrogen and oxygen atoms in total. The lowest BCUT2D eigenvalue weighted by molar-refractivity contribution is 0.427. The van der Waals surface area contributed by atoms with Crippen molar-refractivity contribution in [2.45, 2.75) is 42.4 Å². The second kappa shape index (κ2) is 7.82. The van der Waals surface area contributed by atoms with E-state index in [1.807, 2.05) is 30.3 Å². The number of nitrogens with one attached hydrogen (secondary N) is 1. The third-order valence-electron chi connectivity index (χ3n) is 5.79. The Morgan fingerprint density at radius 1 is 1.10 bits per heavy atom. The van der Waals surface area contributed by atoms with E-state index >= 15 is 0 Å². The van der Waals surface area contributed by atoms with E-state index in [1.54, 1.807) is 12.1 Å². The number of fused-ring (bicyclic) bond motifs is 1. The van der Waals surface area contributed by atoms with Gasteiger partial charge in [-0.1, -0.05) is 44.2 Å². The number of anilines is 1. The fraction of sp³-hybridized carbons (Fsp3) is 0.240. The molecule has 6 heteroatoms. The maximum atomic E-state index is 13.5. The molecule has 0 aliphatic carbocycles. The van der Waals surface area contributed by atoms with Crippen molar-refractivity contribution in [1.82, 2.24) is 0 Å². The highest BCUT2D eigenvalue weighted by molar-refractivity contribution is 7.90. The highest BCUT2D eigenvalue weighted by Gasteiger charge is 2.33. The van der Waals surface area contributed by atoms with Gasteiger partial charge < -0.3 is 5.32 Å². The molecule has 1 atom stereocenters. The Kier molecular flexibility index (Phi) is 5.32. The van der Waals surface area contributed by atoms with Gasteiger partial charge in [0.2, 0.25) is 0 Å². The topological polar surface area (TPSA) is 70.0 Å². The smallest absolute Gasteiger partial charge is 0.182 e. The molecule has 0 bridgehead atoms. The zero-order chi connectivity index (χ0) is 22.2. The molecule has 3 aromatic rings. The van der Waals surface area contributed by atoms with Crippen molar-refractivity contribution in [3.8, 4) is 6.07 Å². The summed E-state index contributed by atoms with van der Waals surface area (Å²) in [4.78, 5) is -0.0166. The van der Waals surface area contributed by atoms with Crippen molar-refractivity contribution in [1.29, 1.82) is 5.26 Å². The van der Waals surface area contributed by atoms with Gasteiger partial charge in [0, 0.05) is 5.69 Å². The van der Waals surface area contributed by atoms with Crippen LogP contribution in [0.4, 0.5) is 10.1 Å². The summed E-state index contributed by atoms with van der Waals surface area (Å²) >= 11 is 0. The van der Waals surface area contributed by atoms with Gasteiger partial charge in [-0.05, 0) is 64.9 Å². The molecule has 1 aliphatic heterocycles. The van der Waals surface area contributed by atoms with Crippen LogP contribution in [0.3, 0.4) is 0 Å². The largest absolute Gasteiger partial charge is 0.378 e. The van der Waals surface area contributed by atoms with E-state index in [0.29, 0.717) is 11.1 Å². The first-order chi connectivity index (χ1) is 14.7. The summed E-state index contributed by atoms with van der Waals surface area (Å²) in [5, 5.41) is 12.8. The first kappa shape index (κ1) is 21.1. The Hall–Kier alpha value is -3.17. The highest BCUT2D eigenvalue weighted by atomic mass is 32.2. The Bertz CT molecular complexity index is 1290. The number of sulfone groups is 1. The molecular formula is C25H23FN2O2S. The Morgan fingerprint density at radius 3 is 2.61 bits per heavy atom. The molecule has 31 heavy (non-hydrogen) atoms. The van der Waals surface area contributed by atoms with Crippen molar-refractivity contribution in [2.75, 3.05) is 5.32 Å². The molecule has 0 saturated carbocycles. The zero-order valence-electron chi connectivity index (χ0n) is 17.4. The summed E-state index contributed by atoms with van der Waals surface area (Å²) in [6.45, 7) is 4.30. The minimum Gasteiger partial charge on any atom is -0.378 e. The summed E-state index contributed by atoms with van der Waals surface area (Å²) in [5.74, 6) is -0.760. The average molecular weight is 435 g/mol. The minimum absolute atomic E-state index is 0.00672. The molecule has 0 spiro atoms. The molecule has 1 heterocycles.